The Bertz CT molecular complexity index is 1010. The van der Waals surface area contributed by atoms with E-state index in [4.69, 9.17) is 9.47 Å². The maximum Gasteiger partial charge on any atom is 0.261 e. The fourth-order valence-electron chi connectivity index (χ4n) is 5.70. The Morgan fingerprint density at radius 2 is 1.82 bits per heavy atom. The lowest BCUT2D eigenvalue weighted by Crippen LogP contribution is -2.47. The minimum absolute atomic E-state index is 0.0115. The Labute approximate surface area is 200 Å². The number of hydrogen-bond acceptors (Lipinski definition) is 6. The molecular weight excluding hydrogens is 435 g/mol. The van der Waals surface area contributed by atoms with E-state index in [0.29, 0.717) is 48.0 Å². The summed E-state index contributed by atoms with van der Waals surface area (Å²) in [5.41, 5.74) is -0.0391. The number of piperidine rings is 2. The van der Waals surface area contributed by atoms with Gasteiger partial charge in [-0.1, -0.05) is 0 Å². The topological polar surface area (TPSA) is 79.5 Å². The highest BCUT2D eigenvalue weighted by molar-refractivity contribution is 5.79. The second-order valence-corrected chi connectivity index (χ2v) is 10.2. The van der Waals surface area contributed by atoms with Crippen molar-refractivity contribution in [1.29, 1.82) is 0 Å². The molecule has 0 bridgehead atoms. The molecule has 3 aliphatic rings. The zero-order chi connectivity index (χ0) is 23.3. The summed E-state index contributed by atoms with van der Waals surface area (Å²) < 4.78 is 26.2. The molecule has 4 heterocycles. The average Bonchev–Trinajstić information content (AvgIpc) is 2.87. The Hall–Kier alpha value is -2.03. The predicted molar refractivity (Wildman–Crippen MR) is 130 cm³/mol. The van der Waals surface area contributed by atoms with E-state index in [0.717, 1.165) is 71.5 Å². The van der Waals surface area contributed by atoms with Crippen LogP contribution >= 0.6 is 0 Å². The van der Waals surface area contributed by atoms with E-state index in [9.17, 15) is 9.18 Å². The van der Waals surface area contributed by atoms with Crippen molar-refractivity contribution in [3.8, 4) is 5.75 Å². The normalized spacial score (nSPS) is 21.8. The molecule has 3 aliphatic heterocycles. The van der Waals surface area contributed by atoms with E-state index in [1.807, 2.05) is 0 Å². The molecule has 0 atom stereocenters. The van der Waals surface area contributed by atoms with Crippen LogP contribution in [-0.2, 0) is 11.2 Å². The molecule has 0 saturated carbocycles. The van der Waals surface area contributed by atoms with Crippen LogP contribution < -0.4 is 15.6 Å². The maximum atomic E-state index is 14.8. The van der Waals surface area contributed by atoms with Gasteiger partial charge in [-0.3, -0.25) is 4.79 Å². The largest absolute Gasteiger partial charge is 0.493 e. The van der Waals surface area contributed by atoms with E-state index >= 15 is 0 Å². The van der Waals surface area contributed by atoms with Crippen molar-refractivity contribution in [2.24, 2.45) is 11.8 Å². The highest BCUT2D eigenvalue weighted by Crippen LogP contribution is 2.26. The average molecular weight is 473 g/mol. The molecule has 0 aliphatic carbocycles. The van der Waals surface area contributed by atoms with E-state index in [-0.39, 0.29) is 5.39 Å². The van der Waals surface area contributed by atoms with Crippen LogP contribution in [0.15, 0.2) is 16.9 Å². The summed E-state index contributed by atoms with van der Waals surface area (Å²) in [6.45, 7) is 6.64. The first kappa shape index (κ1) is 23.7. The summed E-state index contributed by atoms with van der Waals surface area (Å²) in [5.74, 6) is 1.56. The number of ether oxygens (including phenoxy) is 2. The van der Waals surface area contributed by atoms with Crippen LogP contribution in [0.5, 0.6) is 5.75 Å². The number of aryl methyl sites for hydroxylation is 1. The first-order valence-corrected chi connectivity index (χ1v) is 13.0. The van der Waals surface area contributed by atoms with Crippen LogP contribution in [0.4, 0.5) is 4.39 Å². The first-order valence-electron chi connectivity index (χ1n) is 13.0. The smallest absolute Gasteiger partial charge is 0.261 e. The first-order chi connectivity index (χ1) is 16.7. The van der Waals surface area contributed by atoms with E-state index in [1.165, 1.54) is 18.9 Å². The van der Waals surface area contributed by atoms with Gasteiger partial charge in [-0.05, 0) is 83.0 Å². The predicted octanol–water partition coefficient (Wildman–Crippen LogP) is 3.26. The van der Waals surface area contributed by atoms with Crippen molar-refractivity contribution >= 4 is 10.9 Å². The molecule has 0 amide bonds. The molecule has 3 fully saturated rings. The molecule has 8 heteroatoms. The van der Waals surface area contributed by atoms with E-state index in [1.54, 1.807) is 6.07 Å². The van der Waals surface area contributed by atoms with Gasteiger partial charge in [0.05, 0.1) is 12.1 Å². The molecule has 186 valence electrons. The lowest BCUT2D eigenvalue weighted by molar-refractivity contribution is 0.0638. The third-order valence-corrected chi connectivity index (χ3v) is 7.87. The Balaban J connectivity index is 1.19. The summed E-state index contributed by atoms with van der Waals surface area (Å²) in [4.78, 5) is 22.5. The number of likely N-dealkylation sites (tertiary alicyclic amines) is 1. The lowest BCUT2D eigenvalue weighted by atomic mass is 9.94. The number of aromatic amines is 1. The highest BCUT2D eigenvalue weighted by Gasteiger charge is 2.26. The minimum atomic E-state index is -0.571. The second-order valence-electron chi connectivity index (χ2n) is 10.2. The van der Waals surface area contributed by atoms with Crippen molar-refractivity contribution in [3.05, 3.63) is 34.1 Å². The Morgan fingerprint density at radius 1 is 1.06 bits per heavy atom. The summed E-state index contributed by atoms with van der Waals surface area (Å²) in [7, 11) is 0. The molecule has 5 rings (SSSR count). The molecule has 2 N–H and O–H groups in total. The number of nitrogens with zero attached hydrogens (tertiary/aromatic N) is 2. The SMILES string of the molecule is O=c1[nH]c(CCC2CCOCC2)nc2cc(OCC3CCN(C4CCNCC4)CC3)cc(F)c12. The summed E-state index contributed by atoms with van der Waals surface area (Å²) in [6, 6.07) is 3.75. The van der Waals surface area contributed by atoms with Crippen LogP contribution in [-0.4, -0.2) is 66.9 Å². The van der Waals surface area contributed by atoms with Gasteiger partial charge in [-0.2, -0.15) is 0 Å². The van der Waals surface area contributed by atoms with Crippen molar-refractivity contribution in [1.82, 2.24) is 20.2 Å². The molecule has 0 radical (unpaired) electrons. The quantitative estimate of drug-likeness (QED) is 0.644. The third-order valence-electron chi connectivity index (χ3n) is 7.87. The van der Waals surface area contributed by atoms with E-state index in [2.05, 4.69) is 20.2 Å². The standard InChI is InChI=1S/C26H37FN4O3/c27-22-15-21(34-17-19-5-11-31(12-6-19)20-3-9-28-10-4-20)16-23-25(22)26(32)30-24(29-23)2-1-18-7-13-33-14-8-18/h15-16,18-20,28H,1-14,17H2,(H,29,30,32). The summed E-state index contributed by atoms with van der Waals surface area (Å²) in [5, 5.41) is 3.45. The third kappa shape index (κ3) is 5.78. The van der Waals surface area contributed by atoms with Gasteiger partial charge in [-0.25, -0.2) is 9.37 Å². The minimum Gasteiger partial charge on any atom is -0.493 e. The highest BCUT2D eigenvalue weighted by atomic mass is 19.1. The van der Waals surface area contributed by atoms with Crippen LogP contribution in [0.3, 0.4) is 0 Å². The molecule has 1 aromatic carbocycles. The number of nitrogens with one attached hydrogen (secondary N) is 2. The maximum absolute atomic E-state index is 14.8. The zero-order valence-corrected chi connectivity index (χ0v) is 20.0. The number of hydrogen-bond donors (Lipinski definition) is 2. The Morgan fingerprint density at radius 3 is 2.59 bits per heavy atom. The van der Waals surface area contributed by atoms with Crippen molar-refractivity contribution < 1.29 is 13.9 Å². The van der Waals surface area contributed by atoms with Gasteiger partial charge in [0.1, 0.15) is 22.8 Å². The fraction of sp³-hybridized carbons (Fsp3) is 0.692. The van der Waals surface area contributed by atoms with Crippen molar-refractivity contribution in [2.75, 3.05) is 46.0 Å². The van der Waals surface area contributed by atoms with Gasteiger partial charge in [-0.15, -0.1) is 0 Å². The van der Waals surface area contributed by atoms with Gasteiger partial charge in [0.2, 0.25) is 0 Å². The van der Waals surface area contributed by atoms with Crippen molar-refractivity contribution in [3.63, 3.8) is 0 Å². The number of aromatic nitrogens is 2. The lowest BCUT2D eigenvalue weighted by Gasteiger charge is -2.39. The van der Waals surface area contributed by atoms with Crippen LogP contribution in [0, 0.1) is 17.7 Å². The van der Waals surface area contributed by atoms with Gasteiger partial charge < -0.3 is 24.7 Å². The van der Waals surface area contributed by atoms with Crippen LogP contribution in [0.25, 0.3) is 10.9 Å². The Kier molecular flexibility index (Phi) is 7.77. The molecule has 34 heavy (non-hydrogen) atoms. The van der Waals surface area contributed by atoms with Crippen LogP contribution in [0.2, 0.25) is 0 Å². The zero-order valence-electron chi connectivity index (χ0n) is 20.0. The number of fused-ring (bicyclic) bond motifs is 1. The van der Waals surface area contributed by atoms with E-state index < -0.39 is 11.4 Å². The second kappa shape index (κ2) is 11.1. The summed E-state index contributed by atoms with van der Waals surface area (Å²) in [6.07, 6.45) is 8.40. The molecule has 2 aromatic rings. The monoisotopic (exact) mass is 472 g/mol. The molecule has 0 unspecified atom stereocenters. The van der Waals surface area contributed by atoms with Crippen LogP contribution in [0.1, 0.15) is 50.8 Å². The number of rotatable bonds is 7. The van der Waals surface area contributed by atoms with Gasteiger partial charge in [0.25, 0.3) is 5.56 Å². The molecular formula is C26H37FN4O3. The summed E-state index contributed by atoms with van der Waals surface area (Å²) >= 11 is 0. The van der Waals surface area contributed by atoms with Gasteiger partial charge in [0.15, 0.2) is 0 Å². The van der Waals surface area contributed by atoms with Gasteiger partial charge >= 0.3 is 0 Å². The molecule has 0 spiro atoms. The molecule has 1 aromatic heterocycles. The number of benzene rings is 1. The number of H-pyrrole nitrogens is 1. The number of halogens is 1. The van der Waals surface area contributed by atoms with Crippen molar-refractivity contribution in [2.45, 2.75) is 57.4 Å². The van der Waals surface area contributed by atoms with Gasteiger partial charge in [0, 0.05) is 37.8 Å². The fourth-order valence-corrected chi connectivity index (χ4v) is 5.70. The molecule has 3 saturated heterocycles. The molecule has 7 nitrogen and oxygen atoms in total.